The topological polar surface area (TPSA) is 37.3 Å². The molecule has 0 saturated carbocycles. The Balaban J connectivity index is 3.42. The van der Waals surface area contributed by atoms with Crippen molar-refractivity contribution in [2.45, 2.75) is 71.1 Å². The molecular weight excluding hydrogens is 296 g/mol. The summed E-state index contributed by atoms with van der Waals surface area (Å²) in [4.78, 5) is 10.3. The lowest BCUT2D eigenvalue weighted by atomic mass is 10.1. The van der Waals surface area contributed by atoms with Gasteiger partial charge in [-0.25, -0.2) is 0 Å². The predicted octanol–water partition coefficient (Wildman–Crippen LogP) is 6.77. The highest BCUT2D eigenvalue weighted by molar-refractivity contribution is 5.66. The molecule has 24 heavy (non-hydrogen) atoms. The molecule has 1 N–H and O–H groups in total. The number of unbranched alkanes of at least 4 members (excludes halogenated alkanes) is 4. The van der Waals surface area contributed by atoms with E-state index in [4.69, 9.17) is 5.11 Å². The van der Waals surface area contributed by atoms with E-state index in [1.807, 2.05) is 0 Å². The van der Waals surface area contributed by atoms with Crippen LogP contribution in [0.2, 0.25) is 0 Å². The van der Waals surface area contributed by atoms with Crippen molar-refractivity contribution in [2.24, 2.45) is 0 Å². The molecule has 0 saturated heterocycles. The SMILES string of the molecule is CCC=CCC=CCC=CCCC=CC=CCCCCCC(=O)O. The van der Waals surface area contributed by atoms with Crippen LogP contribution in [0.15, 0.2) is 60.8 Å². The average molecular weight is 331 g/mol. The second kappa shape index (κ2) is 19.2. The Bertz CT molecular complexity index is 425. The van der Waals surface area contributed by atoms with Gasteiger partial charge in [0, 0.05) is 6.42 Å². The molecule has 0 spiro atoms. The zero-order valence-electron chi connectivity index (χ0n) is 15.2. The van der Waals surface area contributed by atoms with E-state index >= 15 is 0 Å². The van der Waals surface area contributed by atoms with Crippen LogP contribution in [0.5, 0.6) is 0 Å². The molecule has 0 atom stereocenters. The summed E-state index contributed by atoms with van der Waals surface area (Å²) in [5.41, 5.74) is 0. The highest BCUT2D eigenvalue weighted by atomic mass is 16.4. The van der Waals surface area contributed by atoms with Gasteiger partial charge in [-0.15, -0.1) is 0 Å². The number of carboxylic acids is 1. The van der Waals surface area contributed by atoms with Gasteiger partial charge in [-0.05, 0) is 51.4 Å². The Morgan fingerprint density at radius 1 is 0.708 bits per heavy atom. The maximum absolute atomic E-state index is 10.3. The van der Waals surface area contributed by atoms with Crippen LogP contribution in [-0.4, -0.2) is 11.1 Å². The lowest BCUT2D eigenvalue weighted by Crippen LogP contribution is -1.93. The van der Waals surface area contributed by atoms with Crippen LogP contribution in [0, 0.1) is 0 Å². The van der Waals surface area contributed by atoms with Crippen LogP contribution >= 0.6 is 0 Å². The van der Waals surface area contributed by atoms with E-state index in [1.165, 1.54) is 0 Å². The summed E-state index contributed by atoms with van der Waals surface area (Å²) in [6, 6.07) is 0. The Morgan fingerprint density at radius 2 is 1.29 bits per heavy atom. The van der Waals surface area contributed by atoms with E-state index in [0.717, 1.165) is 57.8 Å². The largest absolute Gasteiger partial charge is 0.481 e. The maximum atomic E-state index is 10.3. The fraction of sp³-hybridized carbons (Fsp3) is 0.500. The molecule has 0 unspecified atom stereocenters. The highest BCUT2D eigenvalue weighted by Gasteiger charge is 1.94. The molecule has 134 valence electrons. The van der Waals surface area contributed by atoms with Gasteiger partial charge in [0.1, 0.15) is 0 Å². The zero-order valence-corrected chi connectivity index (χ0v) is 15.2. The summed E-state index contributed by atoms with van der Waals surface area (Å²) in [7, 11) is 0. The van der Waals surface area contributed by atoms with Gasteiger partial charge in [0.25, 0.3) is 0 Å². The molecule has 0 amide bonds. The van der Waals surface area contributed by atoms with Crippen molar-refractivity contribution >= 4 is 5.97 Å². The van der Waals surface area contributed by atoms with Crippen molar-refractivity contribution in [1.82, 2.24) is 0 Å². The number of carbonyl (C=O) groups is 1. The average Bonchev–Trinajstić information content (AvgIpc) is 2.56. The first-order chi connectivity index (χ1) is 11.8. The first kappa shape index (κ1) is 22.2. The van der Waals surface area contributed by atoms with Crippen molar-refractivity contribution < 1.29 is 9.90 Å². The molecule has 0 rings (SSSR count). The monoisotopic (exact) mass is 330 g/mol. The lowest BCUT2D eigenvalue weighted by Gasteiger charge is -1.94. The molecule has 0 heterocycles. The van der Waals surface area contributed by atoms with Crippen LogP contribution in [0.1, 0.15) is 71.1 Å². The van der Waals surface area contributed by atoms with Crippen LogP contribution in [-0.2, 0) is 4.79 Å². The molecule has 0 radical (unpaired) electrons. The van der Waals surface area contributed by atoms with Crippen molar-refractivity contribution in [3.63, 3.8) is 0 Å². The van der Waals surface area contributed by atoms with Crippen LogP contribution in [0.4, 0.5) is 0 Å². The Hall–Kier alpha value is -1.83. The third-order valence-corrected chi connectivity index (χ3v) is 3.42. The zero-order chi connectivity index (χ0) is 17.7. The Labute approximate surface area is 148 Å². The second-order valence-corrected chi connectivity index (χ2v) is 5.72. The third kappa shape index (κ3) is 20.2. The fourth-order valence-electron chi connectivity index (χ4n) is 2.08. The molecule has 0 bridgehead atoms. The molecule has 0 aliphatic rings. The summed E-state index contributed by atoms with van der Waals surface area (Å²) >= 11 is 0. The highest BCUT2D eigenvalue weighted by Crippen LogP contribution is 2.04. The van der Waals surface area contributed by atoms with Crippen LogP contribution in [0.3, 0.4) is 0 Å². The predicted molar refractivity (Wildman–Crippen MR) is 105 cm³/mol. The summed E-state index contributed by atoms with van der Waals surface area (Å²) in [5.74, 6) is -0.692. The number of aliphatic carboxylic acids is 1. The van der Waals surface area contributed by atoms with Gasteiger partial charge in [-0.1, -0.05) is 74.1 Å². The second-order valence-electron chi connectivity index (χ2n) is 5.72. The normalized spacial score (nSPS) is 12.7. The number of allylic oxidation sites excluding steroid dienone is 10. The number of carboxylic acid groups (broad SMARTS) is 1. The van der Waals surface area contributed by atoms with Gasteiger partial charge < -0.3 is 5.11 Å². The number of rotatable bonds is 15. The van der Waals surface area contributed by atoms with Gasteiger partial charge in [0.05, 0.1) is 0 Å². The van der Waals surface area contributed by atoms with E-state index in [-0.39, 0.29) is 0 Å². The molecule has 2 heteroatoms. The van der Waals surface area contributed by atoms with Crippen molar-refractivity contribution in [1.29, 1.82) is 0 Å². The van der Waals surface area contributed by atoms with Gasteiger partial charge in [0.15, 0.2) is 0 Å². The number of hydrogen-bond acceptors (Lipinski definition) is 1. The minimum absolute atomic E-state index is 0.294. The molecule has 0 aliphatic carbocycles. The quantitative estimate of drug-likeness (QED) is 0.204. The first-order valence-corrected chi connectivity index (χ1v) is 9.25. The molecule has 0 aromatic carbocycles. The maximum Gasteiger partial charge on any atom is 0.303 e. The van der Waals surface area contributed by atoms with Crippen LogP contribution in [0.25, 0.3) is 0 Å². The van der Waals surface area contributed by atoms with Crippen LogP contribution < -0.4 is 0 Å². The first-order valence-electron chi connectivity index (χ1n) is 9.25. The Kier molecular flexibility index (Phi) is 17.8. The fourth-order valence-corrected chi connectivity index (χ4v) is 2.08. The summed E-state index contributed by atoms with van der Waals surface area (Å²) in [5, 5.41) is 8.52. The van der Waals surface area contributed by atoms with E-state index in [9.17, 15) is 4.79 Å². The Morgan fingerprint density at radius 3 is 1.96 bits per heavy atom. The molecular formula is C22H34O2. The molecule has 0 aromatic rings. The van der Waals surface area contributed by atoms with Gasteiger partial charge in [-0.2, -0.15) is 0 Å². The van der Waals surface area contributed by atoms with E-state index < -0.39 is 5.97 Å². The smallest absolute Gasteiger partial charge is 0.303 e. The molecule has 0 fully saturated rings. The van der Waals surface area contributed by atoms with Gasteiger partial charge in [-0.3, -0.25) is 4.79 Å². The van der Waals surface area contributed by atoms with E-state index in [0.29, 0.717) is 6.42 Å². The minimum atomic E-state index is -0.692. The molecule has 2 nitrogen and oxygen atoms in total. The van der Waals surface area contributed by atoms with Crippen molar-refractivity contribution in [3.8, 4) is 0 Å². The summed E-state index contributed by atoms with van der Waals surface area (Å²) in [6.45, 7) is 2.15. The lowest BCUT2D eigenvalue weighted by molar-refractivity contribution is -0.137. The van der Waals surface area contributed by atoms with E-state index in [1.54, 1.807) is 0 Å². The van der Waals surface area contributed by atoms with Gasteiger partial charge >= 0.3 is 5.97 Å². The standard InChI is InChI=1S/C22H34O2/c1-2-3-4-5-6-7-8-9-10-11-12-13-14-15-16-17-18-19-20-21-22(23)24/h3-4,6-7,9-10,13-16H,2,5,8,11-12,17-21H2,1H3,(H,23,24). The summed E-state index contributed by atoms with van der Waals surface area (Å²) < 4.78 is 0. The molecule has 0 aromatic heterocycles. The molecule has 0 aliphatic heterocycles. The van der Waals surface area contributed by atoms with Crippen molar-refractivity contribution in [2.75, 3.05) is 0 Å². The van der Waals surface area contributed by atoms with Crippen molar-refractivity contribution in [3.05, 3.63) is 60.8 Å². The summed E-state index contributed by atoms with van der Waals surface area (Å²) in [6.07, 6.45) is 31.3. The third-order valence-electron chi connectivity index (χ3n) is 3.42. The van der Waals surface area contributed by atoms with Gasteiger partial charge in [0.2, 0.25) is 0 Å². The van der Waals surface area contributed by atoms with E-state index in [2.05, 4.69) is 67.7 Å². The minimum Gasteiger partial charge on any atom is -0.481 e. The number of hydrogen-bond donors (Lipinski definition) is 1.